The van der Waals surface area contributed by atoms with E-state index in [1.807, 2.05) is 0 Å². The number of nitrogens with zero attached hydrogens (tertiary/aromatic N) is 3. The van der Waals surface area contributed by atoms with E-state index in [2.05, 4.69) is 9.72 Å². The largest absolute Gasteiger partial charge is 0.574 e. The molecule has 1 heterocycles. The predicted octanol–water partition coefficient (Wildman–Crippen LogP) is 2.89. The van der Waals surface area contributed by atoms with Crippen LogP contribution in [-0.2, 0) is 6.42 Å². The number of pyridine rings is 1. The summed E-state index contributed by atoms with van der Waals surface area (Å²) in [5.74, 6) is -1.39. The molecule has 0 amide bonds. The average molecular weight is 297 g/mol. The lowest BCUT2D eigenvalue weighted by Gasteiger charge is -2.11. The van der Waals surface area contributed by atoms with E-state index in [0.29, 0.717) is 0 Å². The van der Waals surface area contributed by atoms with Gasteiger partial charge in [-0.25, -0.2) is 13.8 Å². The fourth-order valence-corrected chi connectivity index (χ4v) is 1.33. The van der Waals surface area contributed by atoms with Crippen molar-refractivity contribution in [3.8, 4) is 11.9 Å². The summed E-state index contributed by atoms with van der Waals surface area (Å²) in [6.07, 6.45) is -9.43. The van der Waals surface area contributed by atoms with Gasteiger partial charge >= 0.3 is 6.36 Å². The van der Waals surface area contributed by atoms with Crippen molar-refractivity contribution in [1.29, 1.82) is 5.26 Å². The second kappa shape index (κ2) is 5.64. The maximum Gasteiger partial charge on any atom is 0.574 e. The lowest BCUT2D eigenvalue weighted by atomic mass is 10.1. The molecule has 108 valence electrons. The van der Waals surface area contributed by atoms with Crippen LogP contribution in [0.25, 0.3) is 0 Å². The van der Waals surface area contributed by atoms with Crippen molar-refractivity contribution in [2.45, 2.75) is 19.2 Å². The molecule has 0 fully saturated rings. The number of nitriles is 1. The number of ether oxygens (including phenoxy) is 1. The molecule has 0 aromatic carbocycles. The molecule has 1 rings (SSSR count). The van der Waals surface area contributed by atoms with Crippen LogP contribution in [0.1, 0.15) is 17.7 Å². The van der Waals surface area contributed by atoms with Gasteiger partial charge in [0.2, 0.25) is 5.88 Å². The molecule has 6 nitrogen and oxygen atoms in total. The number of rotatable bonds is 4. The van der Waals surface area contributed by atoms with Crippen LogP contribution in [0, 0.1) is 21.4 Å². The van der Waals surface area contributed by atoms with E-state index in [1.165, 1.54) is 6.07 Å². The lowest BCUT2D eigenvalue weighted by molar-refractivity contribution is -0.385. The highest BCUT2D eigenvalue weighted by atomic mass is 19.4. The van der Waals surface area contributed by atoms with Gasteiger partial charge < -0.3 is 4.74 Å². The van der Waals surface area contributed by atoms with Crippen LogP contribution in [-0.4, -0.2) is 16.3 Å². The average Bonchev–Trinajstić information content (AvgIpc) is 2.28. The van der Waals surface area contributed by atoms with Crippen molar-refractivity contribution in [1.82, 2.24) is 4.98 Å². The number of nitro groups is 1. The second-order valence-corrected chi connectivity index (χ2v) is 3.28. The SMILES string of the molecule is N#CCc1c([N+](=O)[O-])cc(OC(F)(F)F)nc1C(F)F. The number of hydrogen-bond acceptors (Lipinski definition) is 5. The molecule has 0 N–H and O–H groups in total. The molecule has 0 radical (unpaired) electrons. The van der Waals surface area contributed by atoms with Gasteiger partial charge in [0.1, 0.15) is 5.69 Å². The van der Waals surface area contributed by atoms with E-state index in [1.54, 1.807) is 0 Å². The summed E-state index contributed by atoms with van der Waals surface area (Å²) < 4.78 is 64.6. The van der Waals surface area contributed by atoms with Crippen LogP contribution >= 0.6 is 0 Å². The molecule has 11 heteroatoms. The van der Waals surface area contributed by atoms with E-state index in [9.17, 15) is 32.1 Å². The highest BCUT2D eigenvalue weighted by molar-refractivity contribution is 5.47. The lowest BCUT2D eigenvalue weighted by Crippen LogP contribution is -2.19. The smallest absolute Gasteiger partial charge is 0.388 e. The Balaban J connectivity index is 3.47. The van der Waals surface area contributed by atoms with E-state index in [-0.39, 0.29) is 6.07 Å². The van der Waals surface area contributed by atoms with E-state index < -0.39 is 47.0 Å². The van der Waals surface area contributed by atoms with Crippen LogP contribution in [0.15, 0.2) is 6.07 Å². The standard InChI is InChI=1S/C9H4F5N3O3/c10-8(11)7-4(1-2-15)5(17(18)19)3-6(16-7)20-9(12,13)14/h3,8H,1H2. The van der Waals surface area contributed by atoms with Crippen molar-refractivity contribution >= 4 is 5.69 Å². The molecule has 20 heavy (non-hydrogen) atoms. The summed E-state index contributed by atoms with van der Waals surface area (Å²) in [7, 11) is 0. The van der Waals surface area contributed by atoms with Gasteiger partial charge in [-0.3, -0.25) is 10.1 Å². The third kappa shape index (κ3) is 3.74. The fraction of sp³-hybridized carbons (Fsp3) is 0.333. The molecule has 0 aliphatic heterocycles. The maximum absolute atomic E-state index is 12.7. The highest BCUT2D eigenvalue weighted by Crippen LogP contribution is 2.33. The van der Waals surface area contributed by atoms with E-state index in [0.717, 1.165) is 0 Å². The molecule has 0 saturated carbocycles. The molecule has 0 aliphatic rings. The van der Waals surface area contributed by atoms with E-state index in [4.69, 9.17) is 5.26 Å². The Bertz CT molecular complexity index is 567. The predicted molar refractivity (Wildman–Crippen MR) is 51.8 cm³/mol. The minimum absolute atomic E-state index is 0.242. The minimum atomic E-state index is -5.24. The maximum atomic E-state index is 12.7. The molecule has 1 aromatic heterocycles. The number of halogens is 5. The Kier molecular flexibility index (Phi) is 4.38. The Morgan fingerprint density at radius 3 is 2.50 bits per heavy atom. The summed E-state index contributed by atoms with van der Waals surface area (Å²) in [6, 6.07) is 1.64. The normalized spacial score (nSPS) is 11.2. The van der Waals surface area contributed by atoms with Gasteiger partial charge in [0, 0.05) is 0 Å². The van der Waals surface area contributed by atoms with Crippen LogP contribution in [0.3, 0.4) is 0 Å². The topological polar surface area (TPSA) is 89.0 Å². The van der Waals surface area contributed by atoms with Gasteiger partial charge in [-0.15, -0.1) is 13.2 Å². The zero-order valence-electron chi connectivity index (χ0n) is 9.32. The molecular formula is C9H4F5N3O3. The van der Waals surface area contributed by atoms with Gasteiger partial charge in [-0.1, -0.05) is 0 Å². The van der Waals surface area contributed by atoms with Gasteiger partial charge in [0.25, 0.3) is 12.1 Å². The molecular weight excluding hydrogens is 293 g/mol. The van der Waals surface area contributed by atoms with Crippen molar-refractivity contribution < 1.29 is 31.6 Å². The molecule has 0 bridgehead atoms. The molecule has 0 spiro atoms. The number of alkyl halides is 5. The van der Waals surface area contributed by atoms with Crippen molar-refractivity contribution in [2.75, 3.05) is 0 Å². The molecule has 0 saturated heterocycles. The molecule has 0 aliphatic carbocycles. The monoisotopic (exact) mass is 297 g/mol. The Labute approximate surface area is 107 Å². The van der Waals surface area contributed by atoms with Gasteiger partial charge in [-0.05, 0) is 0 Å². The minimum Gasteiger partial charge on any atom is -0.388 e. The quantitative estimate of drug-likeness (QED) is 0.484. The highest BCUT2D eigenvalue weighted by Gasteiger charge is 2.34. The summed E-state index contributed by atoms with van der Waals surface area (Å²) in [5.41, 5.74) is -3.13. The van der Waals surface area contributed by atoms with Crippen LogP contribution in [0.5, 0.6) is 5.88 Å². The summed E-state index contributed by atoms with van der Waals surface area (Å²) in [6.45, 7) is 0. The van der Waals surface area contributed by atoms with Gasteiger partial charge in [0.05, 0.1) is 29.0 Å². The van der Waals surface area contributed by atoms with Crippen LogP contribution in [0.2, 0.25) is 0 Å². The molecule has 0 atom stereocenters. The first-order valence-electron chi connectivity index (χ1n) is 4.74. The van der Waals surface area contributed by atoms with Crippen molar-refractivity contribution in [3.63, 3.8) is 0 Å². The Morgan fingerprint density at radius 2 is 2.10 bits per heavy atom. The Morgan fingerprint density at radius 1 is 1.50 bits per heavy atom. The first kappa shape index (κ1) is 15.5. The zero-order chi connectivity index (χ0) is 15.5. The van der Waals surface area contributed by atoms with Gasteiger partial charge in [0.15, 0.2) is 0 Å². The third-order valence-electron chi connectivity index (χ3n) is 1.99. The molecule has 1 aromatic rings. The van der Waals surface area contributed by atoms with Crippen LogP contribution in [0.4, 0.5) is 27.6 Å². The second-order valence-electron chi connectivity index (χ2n) is 3.28. The summed E-state index contributed by atoms with van der Waals surface area (Å²) >= 11 is 0. The first-order chi connectivity index (χ1) is 9.15. The zero-order valence-corrected chi connectivity index (χ0v) is 9.32. The Hall–Kier alpha value is -2.51. The first-order valence-corrected chi connectivity index (χ1v) is 4.74. The number of aromatic nitrogens is 1. The summed E-state index contributed by atoms with van der Waals surface area (Å²) in [4.78, 5) is 12.4. The number of hydrogen-bond donors (Lipinski definition) is 0. The van der Waals surface area contributed by atoms with Crippen LogP contribution < -0.4 is 4.74 Å². The van der Waals surface area contributed by atoms with Gasteiger partial charge in [-0.2, -0.15) is 5.26 Å². The van der Waals surface area contributed by atoms with Crippen molar-refractivity contribution in [2.24, 2.45) is 0 Å². The third-order valence-corrected chi connectivity index (χ3v) is 1.99. The summed E-state index contributed by atoms with van der Waals surface area (Å²) in [5, 5.41) is 19.1. The fourth-order valence-electron chi connectivity index (χ4n) is 1.33. The van der Waals surface area contributed by atoms with E-state index >= 15 is 0 Å². The molecule has 0 unspecified atom stereocenters. The van der Waals surface area contributed by atoms with Crippen molar-refractivity contribution in [3.05, 3.63) is 27.4 Å².